The van der Waals surface area contributed by atoms with E-state index in [2.05, 4.69) is 9.40 Å². The summed E-state index contributed by atoms with van der Waals surface area (Å²) in [4.78, 5) is 3.65. The Morgan fingerprint density at radius 3 is 2.69 bits per heavy atom. The average Bonchev–Trinajstić information content (AvgIpc) is 2.45. The lowest BCUT2D eigenvalue weighted by Gasteiger charge is -1.98. The van der Waals surface area contributed by atoms with Gasteiger partial charge in [0.2, 0.25) is 11.5 Å². The first kappa shape index (κ1) is 8.10. The summed E-state index contributed by atoms with van der Waals surface area (Å²) in [7, 11) is 0. The minimum absolute atomic E-state index is 0.00910. The number of furan rings is 1. The van der Waals surface area contributed by atoms with Gasteiger partial charge < -0.3 is 4.42 Å². The molecule has 0 N–H and O–H groups in total. The van der Waals surface area contributed by atoms with Gasteiger partial charge in [0, 0.05) is 11.6 Å². The van der Waals surface area contributed by atoms with Crippen LogP contribution >= 0.6 is 0 Å². The van der Waals surface area contributed by atoms with Crippen LogP contribution in [0.2, 0.25) is 0 Å². The molecule has 0 saturated heterocycles. The van der Waals surface area contributed by atoms with E-state index in [4.69, 9.17) is 0 Å². The molecule has 68 valence electrons. The van der Waals surface area contributed by atoms with E-state index in [0.29, 0.717) is 5.39 Å². The number of fused-ring (bicyclic) bond motifs is 1. The van der Waals surface area contributed by atoms with Crippen LogP contribution in [0.4, 0.5) is 13.2 Å². The smallest absolute Gasteiger partial charge is 0.433 e. The molecular weight excluding hydrogens is 183 g/mol. The van der Waals surface area contributed by atoms with E-state index in [9.17, 15) is 13.2 Å². The van der Waals surface area contributed by atoms with Crippen molar-refractivity contribution < 1.29 is 17.6 Å². The fourth-order valence-corrected chi connectivity index (χ4v) is 1.01. The molecule has 13 heavy (non-hydrogen) atoms. The first-order valence-electron chi connectivity index (χ1n) is 3.49. The number of hydrogen-bond acceptors (Lipinski definition) is 2. The number of rotatable bonds is 0. The third kappa shape index (κ3) is 1.37. The normalized spacial score (nSPS) is 12.2. The van der Waals surface area contributed by atoms with Crippen LogP contribution < -0.4 is 0 Å². The van der Waals surface area contributed by atoms with Crippen molar-refractivity contribution in [2.45, 2.75) is 6.18 Å². The minimum atomic E-state index is -4.44. The average molecular weight is 187 g/mol. The quantitative estimate of drug-likeness (QED) is 0.633. The van der Waals surface area contributed by atoms with E-state index < -0.39 is 11.9 Å². The van der Waals surface area contributed by atoms with Crippen LogP contribution in [0, 0.1) is 0 Å². The van der Waals surface area contributed by atoms with Gasteiger partial charge >= 0.3 is 6.18 Å². The van der Waals surface area contributed by atoms with E-state index in [-0.39, 0.29) is 5.71 Å². The van der Waals surface area contributed by atoms with Crippen molar-refractivity contribution in [3.05, 3.63) is 30.2 Å². The van der Waals surface area contributed by atoms with Crippen LogP contribution in [0.5, 0.6) is 0 Å². The molecule has 0 aliphatic rings. The first-order chi connectivity index (χ1) is 6.07. The fourth-order valence-electron chi connectivity index (χ4n) is 1.01. The Hall–Kier alpha value is -1.52. The summed E-state index contributed by atoms with van der Waals surface area (Å²) in [5.41, 5.74) is 0.00910. The molecule has 2 nitrogen and oxygen atoms in total. The van der Waals surface area contributed by atoms with E-state index in [1.165, 1.54) is 12.3 Å². The SMILES string of the molecule is FC(F)(F)c1cc2cccnc2o1. The summed E-state index contributed by atoms with van der Waals surface area (Å²) in [5, 5.41) is 0.356. The fraction of sp³-hybridized carbons (Fsp3) is 0.125. The maximum absolute atomic E-state index is 12.1. The Kier molecular flexibility index (Phi) is 1.55. The Bertz CT molecular complexity index is 399. The number of hydrogen-bond donors (Lipinski definition) is 0. The van der Waals surface area contributed by atoms with Gasteiger partial charge in [0.15, 0.2) is 0 Å². The van der Waals surface area contributed by atoms with Gasteiger partial charge in [-0.15, -0.1) is 0 Å². The molecule has 0 fully saturated rings. The highest BCUT2D eigenvalue weighted by Gasteiger charge is 2.35. The zero-order chi connectivity index (χ0) is 9.47. The highest BCUT2D eigenvalue weighted by atomic mass is 19.4. The third-order valence-electron chi connectivity index (χ3n) is 1.57. The molecule has 0 spiro atoms. The Labute approximate surface area is 71.0 Å². The molecule has 0 amide bonds. The lowest BCUT2D eigenvalue weighted by atomic mass is 10.3. The lowest BCUT2D eigenvalue weighted by Crippen LogP contribution is -2.01. The second kappa shape index (κ2) is 2.48. The Morgan fingerprint density at radius 2 is 2.08 bits per heavy atom. The largest absolute Gasteiger partial charge is 0.449 e. The molecule has 2 heterocycles. The molecule has 0 bridgehead atoms. The molecule has 2 aromatic heterocycles. The van der Waals surface area contributed by atoms with Gasteiger partial charge in [0.1, 0.15) is 0 Å². The van der Waals surface area contributed by atoms with Crippen molar-refractivity contribution in [2.75, 3.05) is 0 Å². The predicted octanol–water partition coefficient (Wildman–Crippen LogP) is 2.85. The molecular formula is C8H4F3NO. The standard InChI is InChI=1S/C8H4F3NO/c9-8(10,11)6-4-5-2-1-3-12-7(5)13-6/h1-4H. The molecule has 2 rings (SSSR count). The summed E-state index contributed by atoms with van der Waals surface area (Å²) >= 11 is 0. The van der Waals surface area contributed by atoms with Crippen molar-refractivity contribution >= 4 is 11.1 Å². The monoisotopic (exact) mass is 187 g/mol. The van der Waals surface area contributed by atoms with Crippen LogP contribution in [-0.2, 0) is 6.18 Å². The van der Waals surface area contributed by atoms with Crippen LogP contribution in [0.25, 0.3) is 11.1 Å². The van der Waals surface area contributed by atoms with Crippen LogP contribution in [0.1, 0.15) is 5.76 Å². The maximum atomic E-state index is 12.1. The number of pyridine rings is 1. The summed E-state index contributed by atoms with van der Waals surface area (Å²) in [5.74, 6) is -1.01. The number of nitrogens with zero attached hydrogens (tertiary/aromatic N) is 1. The van der Waals surface area contributed by atoms with Crippen molar-refractivity contribution in [1.29, 1.82) is 0 Å². The summed E-state index contributed by atoms with van der Waals surface area (Å²) < 4.78 is 40.8. The Morgan fingerprint density at radius 1 is 1.31 bits per heavy atom. The molecule has 0 radical (unpaired) electrons. The van der Waals surface area contributed by atoms with Crippen molar-refractivity contribution in [3.63, 3.8) is 0 Å². The van der Waals surface area contributed by atoms with Gasteiger partial charge in [-0.25, -0.2) is 4.98 Å². The van der Waals surface area contributed by atoms with E-state index in [0.717, 1.165) is 6.07 Å². The number of alkyl halides is 3. The molecule has 0 atom stereocenters. The minimum Gasteiger partial charge on any atom is -0.433 e. The zero-order valence-electron chi connectivity index (χ0n) is 6.30. The molecule has 0 aliphatic heterocycles. The van der Waals surface area contributed by atoms with Crippen molar-refractivity contribution in [2.24, 2.45) is 0 Å². The summed E-state index contributed by atoms with van der Waals surface area (Å²) in [6.07, 6.45) is -3.06. The zero-order valence-corrected chi connectivity index (χ0v) is 6.30. The van der Waals surface area contributed by atoms with Crippen LogP contribution in [-0.4, -0.2) is 4.98 Å². The van der Waals surface area contributed by atoms with E-state index in [1.807, 2.05) is 0 Å². The molecule has 5 heteroatoms. The van der Waals surface area contributed by atoms with Gasteiger partial charge in [-0.1, -0.05) is 0 Å². The van der Waals surface area contributed by atoms with Crippen molar-refractivity contribution in [1.82, 2.24) is 4.98 Å². The van der Waals surface area contributed by atoms with Gasteiger partial charge in [-0.05, 0) is 18.2 Å². The second-order valence-corrected chi connectivity index (χ2v) is 2.51. The summed E-state index contributed by atoms with van der Waals surface area (Å²) in [6.45, 7) is 0. The molecule has 0 unspecified atom stereocenters. The topological polar surface area (TPSA) is 26.0 Å². The number of aromatic nitrogens is 1. The Balaban J connectivity index is 2.63. The predicted molar refractivity (Wildman–Crippen MR) is 39.0 cm³/mol. The van der Waals surface area contributed by atoms with Crippen molar-refractivity contribution in [3.8, 4) is 0 Å². The third-order valence-corrected chi connectivity index (χ3v) is 1.57. The molecule has 0 aliphatic carbocycles. The van der Waals surface area contributed by atoms with Gasteiger partial charge in [0.25, 0.3) is 0 Å². The highest BCUT2D eigenvalue weighted by molar-refractivity contribution is 5.73. The van der Waals surface area contributed by atoms with Gasteiger partial charge in [-0.3, -0.25) is 0 Å². The lowest BCUT2D eigenvalue weighted by molar-refractivity contribution is -0.152. The number of halogens is 3. The maximum Gasteiger partial charge on any atom is 0.449 e. The highest BCUT2D eigenvalue weighted by Crippen LogP contribution is 2.32. The van der Waals surface area contributed by atoms with Crippen LogP contribution in [0.15, 0.2) is 28.8 Å². The van der Waals surface area contributed by atoms with E-state index >= 15 is 0 Å². The second-order valence-electron chi connectivity index (χ2n) is 2.51. The summed E-state index contributed by atoms with van der Waals surface area (Å²) in [6, 6.07) is 4.00. The molecule has 0 saturated carbocycles. The van der Waals surface area contributed by atoms with E-state index in [1.54, 1.807) is 6.07 Å². The van der Waals surface area contributed by atoms with Gasteiger partial charge in [-0.2, -0.15) is 13.2 Å². The van der Waals surface area contributed by atoms with Crippen LogP contribution in [0.3, 0.4) is 0 Å². The molecule has 0 aromatic carbocycles. The molecule has 2 aromatic rings. The van der Waals surface area contributed by atoms with Gasteiger partial charge in [0.05, 0.1) is 0 Å². The first-order valence-corrected chi connectivity index (χ1v) is 3.49.